The van der Waals surface area contributed by atoms with Crippen molar-refractivity contribution in [3.8, 4) is 0 Å². The van der Waals surface area contributed by atoms with Crippen molar-refractivity contribution in [2.75, 3.05) is 26.2 Å². The lowest BCUT2D eigenvalue weighted by Crippen LogP contribution is -2.45. The molecule has 2 heterocycles. The van der Waals surface area contributed by atoms with Crippen LogP contribution in [0.4, 0.5) is 4.39 Å². The van der Waals surface area contributed by atoms with Crippen molar-refractivity contribution in [1.29, 1.82) is 0 Å². The largest absolute Gasteiger partial charge is 0.314 e. The Morgan fingerprint density at radius 2 is 1.80 bits per heavy atom. The Kier molecular flexibility index (Phi) is 4.36. The van der Waals surface area contributed by atoms with Gasteiger partial charge in [-0.15, -0.1) is 11.3 Å². The maximum absolute atomic E-state index is 13.2. The van der Waals surface area contributed by atoms with E-state index in [2.05, 4.69) is 16.3 Å². The zero-order valence-corrected chi connectivity index (χ0v) is 12.6. The summed E-state index contributed by atoms with van der Waals surface area (Å²) >= 11 is 7.68. The molecule has 2 aromatic rings. The second kappa shape index (κ2) is 6.22. The van der Waals surface area contributed by atoms with Crippen LogP contribution < -0.4 is 5.32 Å². The summed E-state index contributed by atoms with van der Waals surface area (Å²) in [5.74, 6) is -0.197. The molecule has 20 heavy (non-hydrogen) atoms. The first-order valence-corrected chi connectivity index (χ1v) is 7.89. The second-order valence-electron chi connectivity index (χ2n) is 4.88. The van der Waals surface area contributed by atoms with Crippen molar-refractivity contribution in [3.05, 3.63) is 57.0 Å². The number of piperazine rings is 1. The summed E-state index contributed by atoms with van der Waals surface area (Å²) in [7, 11) is 0. The van der Waals surface area contributed by atoms with E-state index in [9.17, 15) is 4.39 Å². The van der Waals surface area contributed by atoms with Gasteiger partial charge < -0.3 is 5.32 Å². The maximum Gasteiger partial charge on any atom is 0.123 e. The van der Waals surface area contributed by atoms with Gasteiger partial charge in [0.25, 0.3) is 0 Å². The monoisotopic (exact) mass is 310 g/mol. The summed E-state index contributed by atoms with van der Waals surface area (Å²) in [6.07, 6.45) is 0. The van der Waals surface area contributed by atoms with Gasteiger partial charge in [0.1, 0.15) is 5.82 Å². The second-order valence-corrected chi connectivity index (χ2v) is 6.63. The predicted octanol–water partition coefficient (Wildman–Crippen LogP) is 3.54. The van der Waals surface area contributed by atoms with E-state index >= 15 is 0 Å². The van der Waals surface area contributed by atoms with Crippen molar-refractivity contribution < 1.29 is 4.39 Å². The van der Waals surface area contributed by atoms with Gasteiger partial charge in [0.05, 0.1) is 10.4 Å². The van der Waals surface area contributed by atoms with Crippen molar-refractivity contribution in [2.24, 2.45) is 0 Å². The first kappa shape index (κ1) is 14.0. The van der Waals surface area contributed by atoms with Crippen LogP contribution in [0.5, 0.6) is 0 Å². The number of hydrogen-bond donors (Lipinski definition) is 1. The van der Waals surface area contributed by atoms with E-state index in [4.69, 9.17) is 11.6 Å². The molecule has 0 saturated carbocycles. The number of halogens is 2. The lowest BCUT2D eigenvalue weighted by atomic mass is 10.0. The van der Waals surface area contributed by atoms with Gasteiger partial charge in [-0.1, -0.05) is 23.7 Å². The van der Waals surface area contributed by atoms with Crippen LogP contribution in [0.1, 0.15) is 16.5 Å². The van der Waals surface area contributed by atoms with Gasteiger partial charge in [-0.2, -0.15) is 0 Å². The van der Waals surface area contributed by atoms with Gasteiger partial charge >= 0.3 is 0 Å². The van der Waals surface area contributed by atoms with Crippen LogP contribution in [0.2, 0.25) is 4.34 Å². The molecule has 0 aliphatic carbocycles. The van der Waals surface area contributed by atoms with E-state index in [-0.39, 0.29) is 11.9 Å². The number of nitrogens with one attached hydrogen (secondary N) is 1. The molecule has 1 aliphatic rings. The van der Waals surface area contributed by atoms with Crippen molar-refractivity contribution in [3.63, 3.8) is 0 Å². The van der Waals surface area contributed by atoms with Crippen LogP contribution in [-0.2, 0) is 0 Å². The third-order valence-corrected chi connectivity index (χ3v) is 4.85. The SMILES string of the molecule is Fc1ccc([C@@H](c2ccc(Cl)s2)N2CCNCC2)cc1. The minimum atomic E-state index is -0.197. The fourth-order valence-electron chi connectivity index (χ4n) is 2.62. The van der Waals surface area contributed by atoms with Crippen molar-refractivity contribution in [2.45, 2.75) is 6.04 Å². The molecule has 106 valence electrons. The Hall–Kier alpha value is -0.940. The van der Waals surface area contributed by atoms with Crippen LogP contribution in [0.3, 0.4) is 0 Å². The number of nitrogens with zero attached hydrogens (tertiary/aromatic N) is 1. The zero-order valence-electron chi connectivity index (χ0n) is 11.0. The first-order valence-electron chi connectivity index (χ1n) is 6.69. The highest BCUT2D eigenvalue weighted by molar-refractivity contribution is 7.16. The summed E-state index contributed by atoms with van der Waals surface area (Å²) in [6.45, 7) is 3.93. The zero-order chi connectivity index (χ0) is 13.9. The van der Waals surface area contributed by atoms with Gasteiger partial charge in [-0.05, 0) is 29.8 Å². The molecule has 1 N–H and O–H groups in total. The van der Waals surface area contributed by atoms with Crippen LogP contribution in [0, 0.1) is 5.82 Å². The van der Waals surface area contributed by atoms with E-state index in [1.165, 1.54) is 17.0 Å². The molecule has 1 atom stereocenters. The summed E-state index contributed by atoms with van der Waals surface area (Å²) in [5.41, 5.74) is 1.12. The van der Waals surface area contributed by atoms with Crippen LogP contribution in [-0.4, -0.2) is 31.1 Å². The summed E-state index contributed by atoms with van der Waals surface area (Å²) in [5, 5.41) is 3.36. The Labute approximate surface area is 127 Å². The highest BCUT2D eigenvalue weighted by Crippen LogP contribution is 2.35. The van der Waals surface area contributed by atoms with Crippen LogP contribution in [0.15, 0.2) is 36.4 Å². The lowest BCUT2D eigenvalue weighted by molar-refractivity contribution is 0.200. The Morgan fingerprint density at radius 3 is 2.40 bits per heavy atom. The minimum Gasteiger partial charge on any atom is -0.314 e. The maximum atomic E-state index is 13.2. The molecule has 0 radical (unpaired) electrons. The quantitative estimate of drug-likeness (QED) is 0.933. The fraction of sp³-hybridized carbons (Fsp3) is 0.333. The Balaban J connectivity index is 1.95. The third kappa shape index (κ3) is 3.04. The first-order chi connectivity index (χ1) is 9.74. The number of thiophene rings is 1. The van der Waals surface area contributed by atoms with E-state index in [0.29, 0.717) is 0 Å². The lowest BCUT2D eigenvalue weighted by Gasteiger charge is -2.34. The van der Waals surface area contributed by atoms with Crippen LogP contribution >= 0.6 is 22.9 Å². The Morgan fingerprint density at radius 1 is 1.10 bits per heavy atom. The normalized spacial score (nSPS) is 18.1. The molecule has 0 amide bonds. The molecule has 1 saturated heterocycles. The molecule has 0 unspecified atom stereocenters. The Bertz CT molecular complexity index is 564. The predicted molar refractivity (Wildman–Crippen MR) is 82.0 cm³/mol. The molecule has 0 spiro atoms. The van der Waals surface area contributed by atoms with Gasteiger partial charge in [-0.3, -0.25) is 4.90 Å². The number of benzene rings is 1. The molecule has 5 heteroatoms. The summed E-state index contributed by atoms with van der Waals surface area (Å²) < 4.78 is 14.0. The molecule has 0 bridgehead atoms. The van der Waals surface area contributed by atoms with Crippen LogP contribution in [0.25, 0.3) is 0 Å². The average Bonchev–Trinajstić information content (AvgIpc) is 2.89. The summed E-state index contributed by atoms with van der Waals surface area (Å²) in [4.78, 5) is 3.63. The average molecular weight is 311 g/mol. The molecule has 2 nitrogen and oxygen atoms in total. The smallest absolute Gasteiger partial charge is 0.123 e. The highest BCUT2D eigenvalue weighted by Gasteiger charge is 2.25. The molecular formula is C15H16ClFN2S. The molecule has 3 rings (SSSR count). The number of rotatable bonds is 3. The van der Waals surface area contributed by atoms with Gasteiger partial charge in [-0.25, -0.2) is 4.39 Å². The van der Waals surface area contributed by atoms with Crippen molar-refractivity contribution in [1.82, 2.24) is 10.2 Å². The molecule has 1 aromatic carbocycles. The highest BCUT2D eigenvalue weighted by atomic mass is 35.5. The minimum absolute atomic E-state index is 0.162. The number of hydrogen-bond acceptors (Lipinski definition) is 3. The molecule has 1 fully saturated rings. The van der Waals surface area contributed by atoms with E-state index in [1.54, 1.807) is 11.3 Å². The summed E-state index contributed by atoms with van der Waals surface area (Å²) in [6, 6.07) is 11.0. The molecule has 1 aromatic heterocycles. The third-order valence-electron chi connectivity index (χ3n) is 3.57. The standard InChI is InChI=1S/C15H16ClFN2S/c16-14-6-5-13(20-14)15(19-9-7-18-8-10-19)11-1-3-12(17)4-2-11/h1-6,15,18H,7-10H2/t15-/m0/s1. The molecule has 1 aliphatic heterocycles. The van der Waals surface area contributed by atoms with E-state index in [0.717, 1.165) is 36.1 Å². The topological polar surface area (TPSA) is 15.3 Å². The fourth-order valence-corrected chi connectivity index (χ4v) is 3.84. The van der Waals surface area contributed by atoms with Gasteiger partial charge in [0.15, 0.2) is 0 Å². The van der Waals surface area contributed by atoms with E-state index < -0.39 is 0 Å². The molecular weight excluding hydrogens is 295 g/mol. The van der Waals surface area contributed by atoms with E-state index in [1.807, 2.05) is 18.2 Å². The van der Waals surface area contributed by atoms with Gasteiger partial charge in [0, 0.05) is 31.1 Å². The van der Waals surface area contributed by atoms with Crippen molar-refractivity contribution >= 4 is 22.9 Å². The van der Waals surface area contributed by atoms with Gasteiger partial charge in [0.2, 0.25) is 0 Å².